The van der Waals surface area contributed by atoms with Gasteiger partial charge in [-0.05, 0) is 55.5 Å². The van der Waals surface area contributed by atoms with Crippen LogP contribution in [0.3, 0.4) is 0 Å². The van der Waals surface area contributed by atoms with E-state index in [0.29, 0.717) is 23.2 Å². The lowest BCUT2D eigenvalue weighted by molar-refractivity contribution is -0.117. The van der Waals surface area contributed by atoms with Gasteiger partial charge in [0.25, 0.3) is 10.0 Å². The maximum atomic E-state index is 11.9. The van der Waals surface area contributed by atoms with Gasteiger partial charge in [0.1, 0.15) is 5.75 Å². The first kappa shape index (κ1) is 19.7. The highest BCUT2D eigenvalue weighted by atomic mass is 32.2. The first-order valence-corrected chi connectivity index (χ1v) is 9.64. The highest BCUT2D eigenvalue weighted by molar-refractivity contribution is 7.90. The summed E-state index contributed by atoms with van der Waals surface area (Å²) in [4.78, 5) is 10.9. The Morgan fingerprint density at radius 2 is 1.73 bits per heavy atom. The summed E-state index contributed by atoms with van der Waals surface area (Å²) in [7, 11) is -3.86. The van der Waals surface area contributed by atoms with Crippen LogP contribution in [0.1, 0.15) is 13.8 Å². The van der Waals surface area contributed by atoms with Gasteiger partial charge in [-0.3, -0.25) is 4.79 Å². The van der Waals surface area contributed by atoms with Crippen molar-refractivity contribution in [3.8, 4) is 5.75 Å². The molecule has 0 aliphatic carbocycles. The number of amides is 1. The summed E-state index contributed by atoms with van der Waals surface area (Å²) in [5.41, 5.74) is 1.31. The number of thiocarbonyl (C=S) groups is 1. The van der Waals surface area contributed by atoms with Crippen molar-refractivity contribution in [2.24, 2.45) is 0 Å². The monoisotopic (exact) mass is 393 g/mol. The zero-order valence-corrected chi connectivity index (χ0v) is 15.9. The number of rotatable bonds is 6. The third-order valence-electron chi connectivity index (χ3n) is 3.14. The summed E-state index contributed by atoms with van der Waals surface area (Å²) in [6.45, 7) is 3.56. The molecule has 0 aliphatic rings. The van der Waals surface area contributed by atoms with Crippen LogP contribution in [-0.4, -0.2) is 26.0 Å². The number of para-hydroxylation sites is 2. The van der Waals surface area contributed by atoms with Crippen LogP contribution in [-0.2, 0) is 14.8 Å². The van der Waals surface area contributed by atoms with Crippen molar-refractivity contribution < 1.29 is 17.9 Å². The highest BCUT2D eigenvalue weighted by Gasteiger charge is 2.15. The first-order chi connectivity index (χ1) is 12.3. The first-order valence-electron chi connectivity index (χ1n) is 7.75. The van der Waals surface area contributed by atoms with Crippen LogP contribution in [0, 0.1) is 0 Å². The van der Waals surface area contributed by atoms with E-state index in [1.165, 1.54) is 12.1 Å². The molecule has 0 radical (unpaired) electrons. The van der Waals surface area contributed by atoms with Crippen LogP contribution in [0.2, 0.25) is 0 Å². The van der Waals surface area contributed by atoms with E-state index < -0.39 is 15.9 Å². The minimum atomic E-state index is -3.86. The highest BCUT2D eigenvalue weighted by Crippen LogP contribution is 2.24. The second-order valence-corrected chi connectivity index (χ2v) is 7.29. The van der Waals surface area contributed by atoms with Gasteiger partial charge in [-0.2, -0.15) is 0 Å². The van der Waals surface area contributed by atoms with Crippen LogP contribution < -0.4 is 20.1 Å². The number of carbonyl (C=O) groups is 1. The molecule has 7 nitrogen and oxygen atoms in total. The van der Waals surface area contributed by atoms with Gasteiger partial charge in [0.05, 0.1) is 17.2 Å². The Balaban J connectivity index is 2.05. The number of anilines is 2. The van der Waals surface area contributed by atoms with Gasteiger partial charge in [0, 0.05) is 12.6 Å². The van der Waals surface area contributed by atoms with E-state index >= 15 is 0 Å². The molecule has 2 aromatic rings. The van der Waals surface area contributed by atoms with E-state index in [4.69, 9.17) is 17.0 Å². The zero-order valence-electron chi connectivity index (χ0n) is 14.3. The summed E-state index contributed by atoms with van der Waals surface area (Å²) in [5, 5.41) is 6.32. The van der Waals surface area contributed by atoms with Crippen LogP contribution >= 0.6 is 12.2 Å². The van der Waals surface area contributed by atoms with Crippen molar-refractivity contribution in [2.45, 2.75) is 18.7 Å². The van der Waals surface area contributed by atoms with E-state index in [1.807, 2.05) is 35.9 Å². The van der Waals surface area contributed by atoms with E-state index in [2.05, 4.69) is 10.6 Å². The quantitative estimate of drug-likeness (QED) is 0.649. The molecule has 0 aromatic heterocycles. The van der Waals surface area contributed by atoms with Crippen molar-refractivity contribution in [3.63, 3.8) is 0 Å². The van der Waals surface area contributed by atoms with E-state index in [-0.39, 0.29) is 4.90 Å². The molecule has 9 heteroatoms. The molecule has 2 rings (SSSR count). The third kappa shape index (κ3) is 5.43. The number of ether oxygens (including phenoxy) is 1. The number of hydrogen-bond acceptors (Lipinski definition) is 5. The van der Waals surface area contributed by atoms with E-state index in [0.717, 1.165) is 12.6 Å². The Labute approximate surface area is 157 Å². The maximum Gasteiger partial charge on any atom is 0.264 e. The van der Waals surface area contributed by atoms with Gasteiger partial charge in [-0.25, -0.2) is 13.1 Å². The molecule has 0 heterocycles. The molecule has 0 atom stereocenters. The molecular formula is C17H19N3O4S2. The lowest BCUT2D eigenvalue weighted by Gasteiger charge is -2.14. The second-order valence-electron chi connectivity index (χ2n) is 5.19. The molecule has 138 valence electrons. The zero-order chi connectivity index (χ0) is 19.2. The third-order valence-corrected chi connectivity index (χ3v) is 4.79. The second kappa shape index (κ2) is 8.63. The summed E-state index contributed by atoms with van der Waals surface area (Å²) in [5.74, 6) is 0.0291. The van der Waals surface area contributed by atoms with E-state index in [9.17, 15) is 13.2 Å². The van der Waals surface area contributed by atoms with Crippen molar-refractivity contribution in [1.82, 2.24) is 4.72 Å². The molecule has 1 amide bonds. The van der Waals surface area contributed by atoms with Gasteiger partial charge in [0.15, 0.2) is 5.11 Å². The Kier molecular flexibility index (Phi) is 6.53. The van der Waals surface area contributed by atoms with E-state index in [1.54, 1.807) is 12.1 Å². The Bertz CT molecular complexity index is 896. The van der Waals surface area contributed by atoms with Gasteiger partial charge >= 0.3 is 0 Å². The molecule has 0 unspecified atom stereocenters. The lowest BCUT2D eigenvalue weighted by atomic mass is 10.3. The predicted octanol–water partition coefficient (Wildman–Crippen LogP) is 2.72. The molecule has 0 saturated carbocycles. The summed E-state index contributed by atoms with van der Waals surface area (Å²) in [6.07, 6.45) is 0. The summed E-state index contributed by atoms with van der Waals surface area (Å²) >= 11 is 5.27. The fourth-order valence-corrected chi connectivity index (χ4v) is 3.32. The normalized spacial score (nSPS) is 10.7. The number of hydrogen-bond donors (Lipinski definition) is 3. The largest absolute Gasteiger partial charge is 0.492 e. The Morgan fingerprint density at radius 3 is 2.35 bits per heavy atom. The van der Waals surface area contributed by atoms with Crippen molar-refractivity contribution >= 4 is 44.6 Å². The van der Waals surface area contributed by atoms with Gasteiger partial charge < -0.3 is 15.4 Å². The molecule has 0 fully saturated rings. The minimum Gasteiger partial charge on any atom is -0.492 e. The smallest absolute Gasteiger partial charge is 0.264 e. The summed E-state index contributed by atoms with van der Waals surface area (Å²) < 4.78 is 31.3. The molecule has 2 aromatic carbocycles. The van der Waals surface area contributed by atoms with Gasteiger partial charge in [-0.15, -0.1) is 0 Å². The number of carbonyl (C=O) groups excluding carboxylic acids is 1. The van der Waals surface area contributed by atoms with Crippen molar-refractivity contribution in [1.29, 1.82) is 0 Å². The Morgan fingerprint density at radius 1 is 1.08 bits per heavy atom. The fraction of sp³-hybridized carbons (Fsp3) is 0.176. The fourth-order valence-electron chi connectivity index (χ4n) is 2.10. The van der Waals surface area contributed by atoms with Crippen molar-refractivity contribution in [2.75, 3.05) is 17.2 Å². The van der Waals surface area contributed by atoms with Crippen LogP contribution in [0.15, 0.2) is 53.4 Å². The number of benzene rings is 2. The molecular weight excluding hydrogens is 374 g/mol. The van der Waals surface area contributed by atoms with Gasteiger partial charge in [-0.1, -0.05) is 12.1 Å². The average Bonchev–Trinajstić information content (AvgIpc) is 2.56. The number of nitrogens with one attached hydrogen (secondary N) is 3. The average molecular weight is 393 g/mol. The molecule has 0 spiro atoms. The van der Waals surface area contributed by atoms with Crippen LogP contribution in [0.5, 0.6) is 5.75 Å². The van der Waals surface area contributed by atoms with Gasteiger partial charge in [0.2, 0.25) is 5.91 Å². The van der Waals surface area contributed by atoms with Crippen molar-refractivity contribution in [3.05, 3.63) is 48.5 Å². The van der Waals surface area contributed by atoms with Crippen LogP contribution in [0.4, 0.5) is 11.4 Å². The molecule has 0 aliphatic heterocycles. The molecule has 0 bridgehead atoms. The van der Waals surface area contributed by atoms with Crippen LogP contribution in [0.25, 0.3) is 0 Å². The topological polar surface area (TPSA) is 96.5 Å². The number of sulfonamides is 1. The molecule has 3 N–H and O–H groups in total. The minimum absolute atomic E-state index is 0.0150. The SMILES string of the molecule is CCOc1ccccc1NC(=S)Nc1ccc(S(=O)(=O)NC(C)=O)cc1. The maximum absolute atomic E-state index is 11.9. The lowest BCUT2D eigenvalue weighted by Crippen LogP contribution is -2.28. The Hall–Kier alpha value is -2.65. The molecule has 26 heavy (non-hydrogen) atoms. The standard InChI is InChI=1S/C17H19N3O4S2/c1-3-24-16-7-5-4-6-15(16)19-17(25)18-13-8-10-14(11-9-13)26(22,23)20-12(2)21/h4-11H,3H2,1-2H3,(H,20,21)(H2,18,19,25). The summed E-state index contributed by atoms with van der Waals surface area (Å²) in [6, 6.07) is 13.2. The predicted molar refractivity (Wildman–Crippen MR) is 105 cm³/mol. The molecule has 0 saturated heterocycles.